The topological polar surface area (TPSA) is 35.8 Å². The van der Waals surface area contributed by atoms with Crippen molar-refractivity contribution < 1.29 is 0 Å². The predicted molar refractivity (Wildman–Crippen MR) is 74.2 cm³/mol. The number of hydrogen-bond donors (Lipinski definition) is 1. The monoisotopic (exact) mass is 240 g/mol. The SMILES string of the molecule is C/C=C/CCNC1CC(C#N)(c2ccccc2)C1. The molecule has 94 valence electrons. The van der Waals surface area contributed by atoms with Gasteiger partial charge in [0.15, 0.2) is 0 Å². The third-order valence-corrected chi connectivity index (χ3v) is 3.71. The van der Waals surface area contributed by atoms with Crippen LogP contribution in [0, 0.1) is 11.3 Å². The molecule has 0 saturated heterocycles. The van der Waals surface area contributed by atoms with E-state index in [2.05, 4.69) is 35.7 Å². The quantitative estimate of drug-likeness (QED) is 0.634. The lowest BCUT2D eigenvalue weighted by Crippen LogP contribution is -2.51. The van der Waals surface area contributed by atoms with Crippen molar-refractivity contribution in [3.63, 3.8) is 0 Å². The lowest BCUT2D eigenvalue weighted by molar-refractivity contribution is 0.228. The van der Waals surface area contributed by atoms with Gasteiger partial charge in [-0.3, -0.25) is 0 Å². The fourth-order valence-corrected chi connectivity index (χ4v) is 2.61. The number of allylic oxidation sites excluding steroid dienone is 1. The molecule has 1 aliphatic rings. The van der Waals surface area contributed by atoms with Crippen LogP contribution >= 0.6 is 0 Å². The summed E-state index contributed by atoms with van der Waals surface area (Å²) in [6.45, 7) is 3.05. The number of benzene rings is 1. The highest BCUT2D eigenvalue weighted by atomic mass is 14.9. The maximum Gasteiger partial charge on any atom is 0.0852 e. The second-order valence-electron chi connectivity index (χ2n) is 4.98. The fraction of sp³-hybridized carbons (Fsp3) is 0.438. The Morgan fingerprint density at radius 1 is 1.39 bits per heavy atom. The molecule has 0 aromatic heterocycles. The summed E-state index contributed by atoms with van der Waals surface area (Å²) in [6.07, 6.45) is 7.18. The minimum Gasteiger partial charge on any atom is -0.314 e. The van der Waals surface area contributed by atoms with Crippen LogP contribution in [0.15, 0.2) is 42.5 Å². The molecule has 1 aromatic rings. The summed E-state index contributed by atoms with van der Waals surface area (Å²) >= 11 is 0. The first-order chi connectivity index (χ1) is 8.80. The summed E-state index contributed by atoms with van der Waals surface area (Å²) in [5.41, 5.74) is 0.915. The molecule has 0 atom stereocenters. The first kappa shape index (κ1) is 12.9. The lowest BCUT2D eigenvalue weighted by Gasteiger charge is -2.43. The Labute approximate surface area is 109 Å². The normalized spacial score (nSPS) is 26.8. The zero-order chi connectivity index (χ0) is 12.8. The second-order valence-corrected chi connectivity index (χ2v) is 4.98. The summed E-state index contributed by atoms with van der Waals surface area (Å²) in [5.74, 6) is 0. The van der Waals surface area contributed by atoms with Gasteiger partial charge in [0.2, 0.25) is 0 Å². The minimum absolute atomic E-state index is 0.250. The largest absolute Gasteiger partial charge is 0.314 e. The van der Waals surface area contributed by atoms with Gasteiger partial charge in [-0.2, -0.15) is 5.26 Å². The van der Waals surface area contributed by atoms with Crippen molar-refractivity contribution in [3.05, 3.63) is 48.0 Å². The maximum absolute atomic E-state index is 9.43. The van der Waals surface area contributed by atoms with Gasteiger partial charge in [0.25, 0.3) is 0 Å². The van der Waals surface area contributed by atoms with E-state index < -0.39 is 0 Å². The van der Waals surface area contributed by atoms with Gasteiger partial charge in [-0.25, -0.2) is 0 Å². The van der Waals surface area contributed by atoms with E-state index in [0.29, 0.717) is 6.04 Å². The molecule has 0 bridgehead atoms. The van der Waals surface area contributed by atoms with Crippen LogP contribution < -0.4 is 5.32 Å². The summed E-state index contributed by atoms with van der Waals surface area (Å²) in [6, 6.07) is 13.2. The molecular weight excluding hydrogens is 220 g/mol. The number of nitrogens with zero attached hydrogens (tertiary/aromatic N) is 1. The van der Waals surface area contributed by atoms with Gasteiger partial charge in [-0.1, -0.05) is 42.5 Å². The van der Waals surface area contributed by atoms with Crippen molar-refractivity contribution in [1.29, 1.82) is 5.26 Å². The molecule has 1 aliphatic carbocycles. The Morgan fingerprint density at radius 2 is 2.11 bits per heavy atom. The van der Waals surface area contributed by atoms with Crippen molar-refractivity contribution in [1.82, 2.24) is 5.32 Å². The molecule has 2 rings (SSSR count). The highest BCUT2D eigenvalue weighted by Crippen LogP contribution is 2.43. The lowest BCUT2D eigenvalue weighted by atomic mass is 9.62. The first-order valence-electron chi connectivity index (χ1n) is 6.62. The van der Waals surface area contributed by atoms with E-state index in [1.807, 2.05) is 25.1 Å². The molecule has 0 radical (unpaired) electrons. The number of nitrogens with one attached hydrogen (secondary N) is 1. The van der Waals surface area contributed by atoms with E-state index in [-0.39, 0.29) is 5.41 Å². The fourth-order valence-electron chi connectivity index (χ4n) is 2.61. The van der Waals surface area contributed by atoms with E-state index in [4.69, 9.17) is 0 Å². The number of hydrogen-bond acceptors (Lipinski definition) is 2. The number of nitriles is 1. The second kappa shape index (κ2) is 5.84. The molecule has 0 heterocycles. The van der Waals surface area contributed by atoms with E-state index in [1.54, 1.807) is 0 Å². The van der Waals surface area contributed by atoms with Crippen LogP contribution in [0.2, 0.25) is 0 Å². The highest BCUT2D eigenvalue weighted by molar-refractivity contribution is 5.36. The van der Waals surface area contributed by atoms with Crippen LogP contribution in [0.4, 0.5) is 0 Å². The highest BCUT2D eigenvalue weighted by Gasteiger charge is 2.45. The molecule has 2 heteroatoms. The van der Waals surface area contributed by atoms with Crippen LogP contribution in [0.25, 0.3) is 0 Å². The van der Waals surface area contributed by atoms with Gasteiger partial charge in [0.1, 0.15) is 0 Å². The summed E-state index contributed by atoms with van der Waals surface area (Å²) in [7, 11) is 0. The van der Waals surface area contributed by atoms with Crippen LogP contribution in [0.1, 0.15) is 31.7 Å². The van der Waals surface area contributed by atoms with Crippen molar-refractivity contribution in [2.75, 3.05) is 6.54 Å². The first-order valence-corrected chi connectivity index (χ1v) is 6.62. The van der Waals surface area contributed by atoms with E-state index in [1.165, 1.54) is 5.56 Å². The Bertz CT molecular complexity index is 436. The van der Waals surface area contributed by atoms with Crippen LogP contribution in [-0.2, 0) is 5.41 Å². The molecule has 0 unspecified atom stereocenters. The van der Waals surface area contributed by atoms with Gasteiger partial charge in [-0.15, -0.1) is 0 Å². The molecule has 18 heavy (non-hydrogen) atoms. The van der Waals surface area contributed by atoms with E-state index in [0.717, 1.165) is 25.8 Å². The average molecular weight is 240 g/mol. The van der Waals surface area contributed by atoms with E-state index >= 15 is 0 Å². The molecule has 1 saturated carbocycles. The minimum atomic E-state index is -0.250. The summed E-state index contributed by atoms with van der Waals surface area (Å²) < 4.78 is 0. The molecule has 0 spiro atoms. The third-order valence-electron chi connectivity index (χ3n) is 3.71. The molecule has 2 nitrogen and oxygen atoms in total. The third kappa shape index (κ3) is 2.63. The van der Waals surface area contributed by atoms with Gasteiger partial charge >= 0.3 is 0 Å². The average Bonchev–Trinajstić information content (AvgIpc) is 2.38. The Kier molecular flexibility index (Phi) is 4.17. The van der Waals surface area contributed by atoms with Gasteiger partial charge in [0, 0.05) is 6.04 Å². The van der Waals surface area contributed by atoms with Gasteiger partial charge in [0.05, 0.1) is 11.5 Å². The van der Waals surface area contributed by atoms with Crippen molar-refractivity contribution in [3.8, 4) is 6.07 Å². The van der Waals surface area contributed by atoms with Gasteiger partial charge < -0.3 is 5.32 Å². The standard InChI is InChI=1S/C16H20N2/c1-2-3-7-10-18-15-11-16(12-15,13-17)14-8-5-4-6-9-14/h2-6,8-9,15,18H,7,10-12H2,1H3/b3-2+. The van der Waals surface area contributed by atoms with Crippen molar-refractivity contribution in [2.45, 2.75) is 37.6 Å². The van der Waals surface area contributed by atoms with Crippen molar-refractivity contribution in [2.24, 2.45) is 0 Å². The Hall–Kier alpha value is -1.59. The molecule has 1 fully saturated rings. The molecular formula is C16H20N2. The Balaban J connectivity index is 1.87. The molecule has 0 amide bonds. The van der Waals surface area contributed by atoms with E-state index in [9.17, 15) is 5.26 Å². The van der Waals surface area contributed by atoms with Crippen LogP contribution in [0.3, 0.4) is 0 Å². The number of rotatable bonds is 5. The zero-order valence-corrected chi connectivity index (χ0v) is 10.9. The van der Waals surface area contributed by atoms with Gasteiger partial charge in [-0.05, 0) is 38.3 Å². The predicted octanol–water partition coefficient (Wildman–Crippen LogP) is 3.17. The molecule has 1 N–H and O–H groups in total. The maximum atomic E-state index is 9.43. The van der Waals surface area contributed by atoms with Crippen molar-refractivity contribution >= 4 is 0 Å². The van der Waals surface area contributed by atoms with Crippen LogP contribution in [0.5, 0.6) is 0 Å². The zero-order valence-electron chi connectivity index (χ0n) is 10.9. The Morgan fingerprint density at radius 3 is 2.72 bits per heavy atom. The smallest absolute Gasteiger partial charge is 0.0852 e. The van der Waals surface area contributed by atoms with Crippen LogP contribution in [-0.4, -0.2) is 12.6 Å². The summed E-state index contributed by atoms with van der Waals surface area (Å²) in [5, 5.41) is 12.9. The molecule has 0 aliphatic heterocycles. The molecule has 1 aromatic carbocycles. The summed E-state index contributed by atoms with van der Waals surface area (Å²) in [4.78, 5) is 0.